The van der Waals surface area contributed by atoms with E-state index in [0.717, 1.165) is 0 Å². The van der Waals surface area contributed by atoms with Gasteiger partial charge in [0.2, 0.25) is 5.95 Å². The van der Waals surface area contributed by atoms with E-state index in [0.29, 0.717) is 22.7 Å². The Kier molecular flexibility index (Phi) is 3.75. The largest absolute Gasteiger partial charge is 0.409 e. The number of hydrogen-bond donors (Lipinski definition) is 3. The average Bonchev–Trinajstić information content (AvgIpc) is 2.74. The molecule has 20 heavy (non-hydrogen) atoms. The Morgan fingerprint density at radius 1 is 1.55 bits per heavy atom. The molecule has 8 nitrogen and oxygen atoms in total. The first-order valence-corrected chi connectivity index (χ1v) is 6.18. The van der Waals surface area contributed by atoms with Gasteiger partial charge in [0, 0.05) is 13.2 Å². The van der Waals surface area contributed by atoms with Crippen LogP contribution in [-0.2, 0) is 7.05 Å². The summed E-state index contributed by atoms with van der Waals surface area (Å²) < 4.78 is 1.84. The molecular formula is C12H19N7O. The fraction of sp³-hybridized carbons (Fsp3) is 0.417. The molecule has 0 aromatic carbocycles. The van der Waals surface area contributed by atoms with Crippen LogP contribution in [0.1, 0.15) is 12.5 Å². The second kappa shape index (κ2) is 5.33. The van der Waals surface area contributed by atoms with Crippen molar-refractivity contribution in [1.29, 1.82) is 0 Å². The Morgan fingerprint density at radius 2 is 2.25 bits per heavy atom. The van der Waals surface area contributed by atoms with Crippen LogP contribution in [0.2, 0.25) is 0 Å². The van der Waals surface area contributed by atoms with E-state index in [-0.39, 0.29) is 12.0 Å². The molecule has 2 aromatic rings. The third kappa shape index (κ3) is 2.37. The molecule has 108 valence electrons. The van der Waals surface area contributed by atoms with E-state index in [1.165, 1.54) is 0 Å². The minimum absolute atomic E-state index is 0.0164. The smallest absolute Gasteiger partial charge is 0.206 e. The maximum Gasteiger partial charge on any atom is 0.206 e. The number of imidazole rings is 1. The van der Waals surface area contributed by atoms with Crippen LogP contribution in [0.15, 0.2) is 17.4 Å². The summed E-state index contributed by atoms with van der Waals surface area (Å²) in [5, 5.41) is 15.1. The highest BCUT2D eigenvalue weighted by Gasteiger charge is 2.16. The second-order valence-corrected chi connectivity index (χ2v) is 4.79. The molecule has 2 heterocycles. The van der Waals surface area contributed by atoms with Gasteiger partial charge in [0.25, 0.3) is 0 Å². The van der Waals surface area contributed by atoms with Gasteiger partial charge in [0.1, 0.15) is 5.52 Å². The van der Waals surface area contributed by atoms with Crippen molar-refractivity contribution in [3.8, 4) is 0 Å². The summed E-state index contributed by atoms with van der Waals surface area (Å²) in [5.74, 6) is 0.689. The van der Waals surface area contributed by atoms with Crippen molar-refractivity contribution in [3.05, 3.63) is 17.8 Å². The minimum atomic E-state index is 0.0164. The summed E-state index contributed by atoms with van der Waals surface area (Å²) >= 11 is 0. The normalized spacial score (nSPS) is 13.9. The third-order valence-corrected chi connectivity index (χ3v) is 3.25. The Hall–Kier alpha value is -2.35. The molecule has 0 aliphatic rings. The zero-order valence-electron chi connectivity index (χ0n) is 12.0. The quantitative estimate of drug-likeness (QED) is 0.245. The molecule has 1 atom stereocenters. The zero-order chi connectivity index (χ0) is 14.9. The molecular weight excluding hydrogens is 258 g/mol. The van der Waals surface area contributed by atoms with Crippen LogP contribution < -0.4 is 11.1 Å². The summed E-state index contributed by atoms with van der Waals surface area (Å²) in [6.45, 7) is 2.03. The summed E-state index contributed by atoms with van der Waals surface area (Å²) in [6.07, 6.45) is 1.72. The molecule has 0 radical (unpaired) electrons. The van der Waals surface area contributed by atoms with Gasteiger partial charge in [-0.25, -0.2) is 9.97 Å². The van der Waals surface area contributed by atoms with Crippen LogP contribution in [0.3, 0.4) is 0 Å². The number of aryl methyl sites for hydroxylation is 1. The monoisotopic (exact) mass is 277 g/mol. The Bertz CT molecular complexity index is 647. The molecule has 2 aromatic heterocycles. The van der Waals surface area contributed by atoms with Gasteiger partial charge in [-0.3, -0.25) is 9.47 Å². The Morgan fingerprint density at radius 3 is 2.85 bits per heavy atom. The molecule has 0 aliphatic carbocycles. The van der Waals surface area contributed by atoms with E-state index in [1.807, 2.05) is 37.5 Å². The molecule has 0 aliphatic heterocycles. The number of rotatable bonds is 4. The van der Waals surface area contributed by atoms with Gasteiger partial charge in [-0.1, -0.05) is 5.16 Å². The maximum atomic E-state index is 8.83. The van der Waals surface area contributed by atoms with Crippen molar-refractivity contribution < 1.29 is 5.21 Å². The standard InChI is InChI=1S/C12H19N7O/c1-7(18(2)3)15-12-16-9-8(10(13)17-20)5-6-14-11(9)19(12)4/h5-7,20H,1-4H3,(H2,13,17)(H,15,16). The molecule has 0 saturated heterocycles. The number of amidine groups is 1. The van der Waals surface area contributed by atoms with E-state index in [4.69, 9.17) is 10.9 Å². The van der Waals surface area contributed by atoms with Crippen molar-refractivity contribution in [3.63, 3.8) is 0 Å². The predicted molar refractivity (Wildman–Crippen MR) is 77.8 cm³/mol. The van der Waals surface area contributed by atoms with Gasteiger partial charge < -0.3 is 16.3 Å². The average molecular weight is 277 g/mol. The fourth-order valence-electron chi connectivity index (χ4n) is 1.79. The van der Waals surface area contributed by atoms with E-state index in [1.54, 1.807) is 12.3 Å². The lowest BCUT2D eigenvalue weighted by molar-refractivity contribution is 0.318. The number of nitrogens with one attached hydrogen (secondary N) is 1. The van der Waals surface area contributed by atoms with Gasteiger partial charge >= 0.3 is 0 Å². The van der Waals surface area contributed by atoms with Gasteiger partial charge in [0.05, 0.1) is 11.7 Å². The van der Waals surface area contributed by atoms with Crippen LogP contribution in [0, 0.1) is 0 Å². The van der Waals surface area contributed by atoms with Crippen molar-refractivity contribution in [2.24, 2.45) is 17.9 Å². The van der Waals surface area contributed by atoms with E-state index in [2.05, 4.69) is 20.4 Å². The van der Waals surface area contributed by atoms with Crippen molar-refractivity contribution in [1.82, 2.24) is 19.4 Å². The van der Waals surface area contributed by atoms with E-state index >= 15 is 0 Å². The van der Waals surface area contributed by atoms with Crippen molar-refractivity contribution in [2.45, 2.75) is 13.1 Å². The SMILES string of the molecule is CC(Nc1nc2c(/C(N)=N/O)ccnc2n1C)N(C)C. The highest BCUT2D eigenvalue weighted by Crippen LogP contribution is 2.20. The van der Waals surface area contributed by atoms with Crippen molar-refractivity contribution in [2.75, 3.05) is 19.4 Å². The number of anilines is 1. The number of aromatic nitrogens is 3. The third-order valence-electron chi connectivity index (χ3n) is 3.25. The van der Waals surface area contributed by atoms with Crippen molar-refractivity contribution >= 4 is 22.9 Å². The van der Waals surface area contributed by atoms with E-state index < -0.39 is 0 Å². The molecule has 0 saturated carbocycles. The van der Waals surface area contributed by atoms with Crippen LogP contribution in [0.4, 0.5) is 5.95 Å². The van der Waals surface area contributed by atoms with Crippen LogP contribution in [0.25, 0.3) is 11.2 Å². The molecule has 0 amide bonds. The number of nitrogens with two attached hydrogens (primary N) is 1. The van der Waals surface area contributed by atoms with Crippen LogP contribution in [0.5, 0.6) is 0 Å². The Labute approximate surface area is 116 Å². The number of pyridine rings is 1. The number of hydrogen-bond acceptors (Lipinski definition) is 6. The molecule has 2 rings (SSSR count). The van der Waals surface area contributed by atoms with E-state index in [9.17, 15) is 0 Å². The van der Waals surface area contributed by atoms with Crippen LogP contribution >= 0.6 is 0 Å². The van der Waals surface area contributed by atoms with Gasteiger partial charge in [-0.15, -0.1) is 0 Å². The lowest BCUT2D eigenvalue weighted by Gasteiger charge is -2.21. The highest BCUT2D eigenvalue weighted by atomic mass is 16.4. The fourth-order valence-corrected chi connectivity index (χ4v) is 1.79. The van der Waals surface area contributed by atoms with Gasteiger partial charge in [-0.2, -0.15) is 0 Å². The lowest BCUT2D eigenvalue weighted by atomic mass is 10.2. The summed E-state index contributed by atoms with van der Waals surface area (Å²) in [7, 11) is 5.81. The first-order valence-electron chi connectivity index (χ1n) is 6.18. The first-order chi connectivity index (χ1) is 9.45. The number of nitrogens with zero attached hydrogens (tertiary/aromatic N) is 5. The second-order valence-electron chi connectivity index (χ2n) is 4.79. The highest BCUT2D eigenvalue weighted by molar-refractivity contribution is 6.06. The molecule has 8 heteroatoms. The predicted octanol–water partition coefficient (Wildman–Crippen LogP) is 0.382. The molecule has 0 spiro atoms. The van der Waals surface area contributed by atoms with Gasteiger partial charge in [-0.05, 0) is 27.1 Å². The Balaban J connectivity index is 2.52. The zero-order valence-corrected chi connectivity index (χ0v) is 12.0. The number of fused-ring (bicyclic) bond motifs is 1. The summed E-state index contributed by atoms with van der Waals surface area (Å²) in [4.78, 5) is 10.8. The first kappa shape index (κ1) is 14.1. The van der Waals surface area contributed by atoms with Crippen LogP contribution in [-0.4, -0.2) is 50.7 Å². The summed E-state index contributed by atoms with van der Waals surface area (Å²) in [6, 6.07) is 1.67. The number of oxime groups is 1. The summed E-state index contributed by atoms with van der Waals surface area (Å²) in [5.41, 5.74) is 7.48. The minimum Gasteiger partial charge on any atom is -0.409 e. The molecule has 1 unspecified atom stereocenters. The molecule has 0 bridgehead atoms. The topological polar surface area (TPSA) is 105 Å². The molecule has 4 N–H and O–H groups in total. The lowest BCUT2D eigenvalue weighted by Crippen LogP contribution is -2.33. The van der Waals surface area contributed by atoms with Gasteiger partial charge in [0.15, 0.2) is 11.5 Å². The maximum absolute atomic E-state index is 8.83. The molecule has 0 fully saturated rings.